The Morgan fingerprint density at radius 1 is 1.39 bits per heavy atom. The number of nitrogens with zero attached hydrogens (tertiary/aromatic N) is 2. The van der Waals surface area contributed by atoms with E-state index in [0.717, 1.165) is 6.20 Å². The zero-order valence-electron chi connectivity index (χ0n) is 10.4. The Kier molecular flexibility index (Phi) is 4.28. The van der Waals surface area contributed by atoms with Gasteiger partial charge in [0, 0.05) is 18.9 Å². The Morgan fingerprint density at radius 2 is 2.00 bits per heavy atom. The number of rotatable bonds is 4. The van der Waals surface area contributed by atoms with Crippen molar-refractivity contribution in [1.82, 2.24) is 9.97 Å². The number of aliphatic hydroxyl groups is 1. The summed E-state index contributed by atoms with van der Waals surface area (Å²) in [6.07, 6.45) is -3.21. The summed E-state index contributed by atoms with van der Waals surface area (Å²) in [5.74, 6) is -0.0444. The molecule has 1 unspecified atom stereocenters. The van der Waals surface area contributed by atoms with Gasteiger partial charge in [-0.3, -0.25) is 0 Å². The largest absolute Gasteiger partial charge is 0.433 e. The second-order valence-electron chi connectivity index (χ2n) is 4.01. The molecule has 0 aromatic carbocycles. The fraction of sp³-hybridized carbons (Fsp3) is 0.636. The lowest BCUT2D eigenvalue weighted by atomic mass is 10.0. The summed E-state index contributed by atoms with van der Waals surface area (Å²) in [6.45, 7) is 2.62. The maximum Gasteiger partial charge on any atom is 0.433 e. The van der Waals surface area contributed by atoms with E-state index in [4.69, 9.17) is 9.84 Å². The standard InChI is InChI=1S/C11H15F3N2O2/c1-4-10(2,18-3)9-15-5-7(6-17)8(16-9)11(12,13)14/h5,17H,4,6H2,1-3H3. The number of halogens is 3. The lowest BCUT2D eigenvalue weighted by Crippen LogP contribution is -2.28. The molecule has 0 fully saturated rings. The molecule has 0 aliphatic rings. The molecule has 1 rings (SSSR count). The average Bonchev–Trinajstić information content (AvgIpc) is 2.36. The van der Waals surface area contributed by atoms with Crippen molar-refractivity contribution in [3.63, 3.8) is 0 Å². The molecule has 0 radical (unpaired) electrons. The molecule has 7 heteroatoms. The van der Waals surface area contributed by atoms with Crippen LogP contribution in [-0.4, -0.2) is 22.2 Å². The Hall–Kier alpha value is -1.21. The number of hydrogen-bond donors (Lipinski definition) is 1. The molecule has 4 nitrogen and oxygen atoms in total. The monoisotopic (exact) mass is 264 g/mol. The fourth-order valence-corrected chi connectivity index (χ4v) is 1.42. The minimum Gasteiger partial charge on any atom is -0.392 e. The van der Waals surface area contributed by atoms with Crippen LogP contribution < -0.4 is 0 Å². The van der Waals surface area contributed by atoms with Crippen molar-refractivity contribution in [1.29, 1.82) is 0 Å². The number of ether oxygens (including phenoxy) is 1. The summed E-state index contributed by atoms with van der Waals surface area (Å²) >= 11 is 0. The Bertz CT molecular complexity index is 417. The zero-order valence-corrected chi connectivity index (χ0v) is 10.4. The molecule has 1 atom stereocenters. The molecule has 0 aliphatic carbocycles. The van der Waals surface area contributed by atoms with Crippen molar-refractivity contribution in [3.05, 3.63) is 23.3 Å². The van der Waals surface area contributed by atoms with E-state index in [1.54, 1.807) is 13.8 Å². The molecule has 0 spiro atoms. The molecular weight excluding hydrogens is 249 g/mol. The summed E-state index contributed by atoms with van der Waals surface area (Å²) in [6, 6.07) is 0. The summed E-state index contributed by atoms with van der Waals surface area (Å²) < 4.78 is 43.5. The van der Waals surface area contributed by atoms with Crippen molar-refractivity contribution >= 4 is 0 Å². The van der Waals surface area contributed by atoms with Gasteiger partial charge in [0.2, 0.25) is 0 Å². The van der Waals surface area contributed by atoms with Gasteiger partial charge in [-0.15, -0.1) is 0 Å². The van der Waals surface area contributed by atoms with Crippen molar-refractivity contribution in [3.8, 4) is 0 Å². The number of hydrogen-bond acceptors (Lipinski definition) is 4. The van der Waals surface area contributed by atoms with Crippen LogP contribution in [0, 0.1) is 0 Å². The fourth-order valence-electron chi connectivity index (χ4n) is 1.42. The third-order valence-corrected chi connectivity index (χ3v) is 2.90. The van der Waals surface area contributed by atoms with E-state index in [1.807, 2.05) is 0 Å². The second-order valence-corrected chi connectivity index (χ2v) is 4.01. The first-order chi connectivity index (χ1) is 8.28. The molecule has 18 heavy (non-hydrogen) atoms. The van der Waals surface area contributed by atoms with Gasteiger partial charge in [0.05, 0.1) is 6.61 Å². The molecule has 0 saturated heterocycles. The van der Waals surface area contributed by atoms with Crippen LogP contribution in [0.15, 0.2) is 6.20 Å². The van der Waals surface area contributed by atoms with Crippen molar-refractivity contribution in [2.75, 3.05) is 7.11 Å². The smallest absolute Gasteiger partial charge is 0.392 e. The number of aromatic nitrogens is 2. The normalized spacial score (nSPS) is 15.5. The van der Waals surface area contributed by atoms with Crippen LogP contribution in [0.1, 0.15) is 37.4 Å². The van der Waals surface area contributed by atoms with Crippen LogP contribution in [0.4, 0.5) is 13.2 Å². The molecule has 0 amide bonds. The molecule has 1 aromatic heterocycles. The third-order valence-electron chi connectivity index (χ3n) is 2.90. The minimum absolute atomic E-state index is 0.0444. The van der Waals surface area contributed by atoms with Gasteiger partial charge in [0.15, 0.2) is 11.5 Å². The van der Waals surface area contributed by atoms with Crippen LogP contribution >= 0.6 is 0 Å². The van der Waals surface area contributed by atoms with Gasteiger partial charge in [-0.05, 0) is 13.3 Å². The lowest BCUT2D eigenvalue weighted by Gasteiger charge is -2.25. The first kappa shape index (κ1) is 14.8. The van der Waals surface area contributed by atoms with Gasteiger partial charge in [-0.2, -0.15) is 13.2 Å². The zero-order chi connectivity index (χ0) is 14.0. The van der Waals surface area contributed by atoms with Gasteiger partial charge in [0.25, 0.3) is 0 Å². The van der Waals surface area contributed by atoms with E-state index in [1.165, 1.54) is 7.11 Å². The van der Waals surface area contributed by atoms with Gasteiger partial charge in [-0.1, -0.05) is 6.92 Å². The molecule has 0 aliphatic heterocycles. The predicted octanol–water partition coefficient (Wildman–Crippen LogP) is 2.26. The molecule has 0 saturated carbocycles. The minimum atomic E-state index is -4.63. The van der Waals surface area contributed by atoms with Crippen molar-refractivity contribution in [2.45, 2.75) is 38.7 Å². The van der Waals surface area contributed by atoms with Crippen LogP contribution in [0.25, 0.3) is 0 Å². The van der Waals surface area contributed by atoms with E-state index < -0.39 is 24.1 Å². The van der Waals surface area contributed by atoms with Crippen molar-refractivity contribution < 1.29 is 23.0 Å². The number of alkyl halides is 3. The summed E-state index contributed by atoms with van der Waals surface area (Å²) in [7, 11) is 1.39. The lowest BCUT2D eigenvalue weighted by molar-refractivity contribution is -0.143. The SMILES string of the molecule is CCC(C)(OC)c1ncc(CO)c(C(F)(F)F)n1. The summed E-state index contributed by atoms with van der Waals surface area (Å²) in [4.78, 5) is 7.35. The average molecular weight is 264 g/mol. The molecule has 1 heterocycles. The van der Waals surface area contributed by atoms with E-state index in [0.29, 0.717) is 6.42 Å². The highest BCUT2D eigenvalue weighted by atomic mass is 19.4. The molecule has 1 aromatic rings. The summed E-state index contributed by atoms with van der Waals surface area (Å²) in [5, 5.41) is 8.88. The highest BCUT2D eigenvalue weighted by Crippen LogP contribution is 2.33. The highest BCUT2D eigenvalue weighted by Gasteiger charge is 2.38. The van der Waals surface area contributed by atoms with Crippen LogP contribution in [0.3, 0.4) is 0 Å². The number of methoxy groups -OCH3 is 1. The first-order valence-corrected chi connectivity index (χ1v) is 5.38. The maximum atomic E-state index is 12.8. The first-order valence-electron chi connectivity index (χ1n) is 5.38. The van der Waals surface area contributed by atoms with Gasteiger partial charge in [-0.25, -0.2) is 9.97 Å². The second kappa shape index (κ2) is 5.19. The quantitative estimate of drug-likeness (QED) is 0.906. The summed E-state index contributed by atoms with van der Waals surface area (Å²) in [5.41, 5.74) is -2.44. The van der Waals surface area contributed by atoms with Crippen LogP contribution in [0.5, 0.6) is 0 Å². The third kappa shape index (κ3) is 2.78. The molecule has 1 N–H and O–H groups in total. The van der Waals surface area contributed by atoms with E-state index >= 15 is 0 Å². The van der Waals surface area contributed by atoms with Gasteiger partial charge < -0.3 is 9.84 Å². The predicted molar refractivity (Wildman–Crippen MR) is 57.6 cm³/mol. The maximum absolute atomic E-state index is 12.8. The van der Waals surface area contributed by atoms with Gasteiger partial charge >= 0.3 is 6.18 Å². The van der Waals surface area contributed by atoms with E-state index in [9.17, 15) is 13.2 Å². The molecule has 0 bridgehead atoms. The Labute approximate surface area is 103 Å². The molecule has 102 valence electrons. The van der Waals surface area contributed by atoms with Crippen molar-refractivity contribution in [2.24, 2.45) is 0 Å². The Morgan fingerprint density at radius 3 is 2.39 bits per heavy atom. The van der Waals surface area contributed by atoms with Crippen LogP contribution in [-0.2, 0) is 23.1 Å². The van der Waals surface area contributed by atoms with E-state index in [-0.39, 0.29) is 11.4 Å². The van der Waals surface area contributed by atoms with Gasteiger partial charge in [0.1, 0.15) is 5.60 Å². The van der Waals surface area contributed by atoms with Crippen LogP contribution in [0.2, 0.25) is 0 Å². The Balaban J connectivity index is 3.35. The number of aliphatic hydroxyl groups excluding tert-OH is 1. The topological polar surface area (TPSA) is 55.2 Å². The van der Waals surface area contributed by atoms with E-state index in [2.05, 4.69) is 9.97 Å². The highest BCUT2D eigenvalue weighted by molar-refractivity contribution is 5.21. The molecular formula is C11H15F3N2O2.